The molecule has 15 heavy (non-hydrogen) atoms. The maximum absolute atomic E-state index is 12.9. The van der Waals surface area contributed by atoms with E-state index in [1.165, 1.54) is 12.1 Å². The molecule has 4 heteroatoms. The second-order valence-electron chi connectivity index (χ2n) is 3.23. The minimum atomic E-state index is -0.579. The maximum atomic E-state index is 12.9. The van der Waals surface area contributed by atoms with Crippen LogP contribution in [-0.4, -0.2) is 20.3 Å². The Balaban J connectivity index is 2.92. The lowest BCUT2D eigenvalue weighted by Crippen LogP contribution is -2.14. The van der Waals surface area contributed by atoms with Crippen molar-refractivity contribution >= 4 is 0 Å². The zero-order valence-corrected chi connectivity index (χ0v) is 8.89. The molecule has 0 aromatic heterocycles. The number of ether oxygens (including phenoxy) is 1. The Morgan fingerprint density at radius 2 is 2.20 bits per heavy atom. The summed E-state index contributed by atoms with van der Waals surface area (Å²) in [5.41, 5.74) is 0.826. The van der Waals surface area contributed by atoms with E-state index in [-0.39, 0.29) is 18.5 Å². The van der Waals surface area contributed by atoms with Crippen LogP contribution in [0.3, 0.4) is 0 Å². The van der Waals surface area contributed by atoms with Gasteiger partial charge in [-0.15, -0.1) is 0 Å². The number of hydrogen-bond donors (Lipinski definition) is 1. The average Bonchev–Trinajstić information content (AvgIpc) is 2.25. The highest BCUT2D eigenvalue weighted by Crippen LogP contribution is 2.25. The van der Waals surface area contributed by atoms with Crippen molar-refractivity contribution in [2.45, 2.75) is 13.0 Å². The van der Waals surface area contributed by atoms with Crippen molar-refractivity contribution in [1.29, 1.82) is 0 Å². The Bertz CT molecular complexity index is 317. The number of benzene rings is 1. The monoisotopic (exact) mass is 215 g/mol. The number of halogens is 2. The van der Waals surface area contributed by atoms with Crippen LogP contribution in [0.5, 0.6) is 5.75 Å². The van der Waals surface area contributed by atoms with Gasteiger partial charge in [0.1, 0.15) is 24.8 Å². The van der Waals surface area contributed by atoms with Gasteiger partial charge in [0.25, 0.3) is 0 Å². The molecule has 1 aromatic rings. The van der Waals surface area contributed by atoms with Crippen LogP contribution < -0.4 is 10.1 Å². The summed E-state index contributed by atoms with van der Waals surface area (Å²) < 4.78 is 30.0. The van der Waals surface area contributed by atoms with E-state index in [9.17, 15) is 8.78 Å². The SMILES string of the molecule is CNC(C)c1ccc(F)cc1OCCF. The lowest BCUT2D eigenvalue weighted by Gasteiger charge is -2.15. The molecule has 0 saturated carbocycles. The summed E-state index contributed by atoms with van der Waals surface area (Å²) >= 11 is 0. The smallest absolute Gasteiger partial charge is 0.127 e. The van der Waals surface area contributed by atoms with Crippen molar-refractivity contribution in [2.24, 2.45) is 0 Å². The fourth-order valence-corrected chi connectivity index (χ4v) is 1.29. The molecule has 2 nitrogen and oxygen atoms in total. The first-order chi connectivity index (χ1) is 7.19. The summed E-state index contributed by atoms with van der Waals surface area (Å²) in [5, 5.41) is 3.02. The minimum absolute atomic E-state index is 0.0419. The molecule has 0 aliphatic carbocycles. The van der Waals surface area contributed by atoms with Crippen LogP contribution in [0.25, 0.3) is 0 Å². The minimum Gasteiger partial charge on any atom is -0.490 e. The summed E-state index contributed by atoms with van der Waals surface area (Å²) in [6.07, 6.45) is 0. The molecular weight excluding hydrogens is 200 g/mol. The second kappa shape index (κ2) is 5.66. The molecule has 0 aliphatic rings. The van der Waals surface area contributed by atoms with Crippen molar-refractivity contribution in [1.82, 2.24) is 5.32 Å². The topological polar surface area (TPSA) is 21.3 Å². The number of hydrogen-bond acceptors (Lipinski definition) is 2. The predicted octanol–water partition coefficient (Wildman–Crippen LogP) is 2.45. The van der Waals surface area contributed by atoms with Gasteiger partial charge in [0.2, 0.25) is 0 Å². The number of alkyl halides is 1. The molecule has 1 aromatic carbocycles. The van der Waals surface area contributed by atoms with Gasteiger partial charge in [0, 0.05) is 17.7 Å². The standard InChI is InChI=1S/C11H15F2NO/c1-8(14-2)10-4-3-9(13)7-11(10)15-6-5-12/h3-4,7-8,14H,5-6H2,1-2H3. The first-order valence-electron chi connectivity index (χ1n) is 4.84. The van der Waals surface area contributed by atoms with Crippen molar-refractivity contribution in [3.05, 3.63) is 29.6 Å². The predicted molar refractivity (Wildman–Crippen MR) is 55.3 cm³/mol. The lowest BCUT2D eigenvalue weighted by atomic mass is 10.1. The molecule has 1 rings (SSSR count). The molecule has 84 valence electrons. The van der Waals surface area contributed by atoms with Crippen LogP contribution in [-0.2, 0) is 0 Å². The fraction of sp³-hybridized carbons (Fsp3) is 0.455. The van der Waals surface area contributed by atoms with Crippen LogP contribution in [0.15, 0.2) is 18.2 Å². The first-order valence-corrected chi connectivity index (χ1v) is 4.84. The molecular formula is C11H15F2NO. The van der Waals surface area contributed by atoms with Crippen molar-refractivity contribution in [3.8, 4) is 5.75 Å². The summed E-state index contributed by atoms with van der Waals surface area (Å²) in [4.78, 5) is 0. The van der Waals surface area contributed by atoms with E-state index in [0.717, 1.165) is 5.56 Å². The molecule has 0 aliphatic heterocycles. The summed E-state index contributed by atoms with van der Waals surface area (Å²) in [6, 6.07) is 4.33. The Morgan fingerprint density at radius 3 is 2.80 bits per heavy atom. The molecule has 1 N–H and O–H groups in total. The van der Waals surface area contributed by atoms with Gasteiger partial charge in [0.15, 0.2) is 0 Å². The van der Waals surface area contributed by atoms with Crippen LogP contribution in [0.1, 0.15) is 18.5 Å². The van der Waals surface area contributed by atoms with E-state index in [2.05, 4.69) is 5.32 Å². The third kappa shape index (κ3) is 3.16. The Hall–Kier alpha value is -1.16. The van der Waals surface area contributed by atoms with E-state index in [4.69, 9.17) is 4.74 Å². The molecule has 0 spiro atoms. The lowest BCUT2D eigenvalue weighted by molar-refractivity contribution is 0.268. The van der Waals surface area contributed by atoms with Gasteiger partial charge in [-0.3, -0.25) is 0 Å². The first kappa shape index (κ1) is 11.9. The van der Waals surface area contributed by atoms with Crippen LogP contribution in [0.2, 0.25) is 0 Å². The van der Waals surface area contributed by atoms with Gasteiger partial charge in [-0.1, -0.05) is 6.07 Å². The van der Waals surface area contributed by atoms with Crippen LogP contribution in [0, 0.1) is 5.82 Å². The highest BCUT2D eigenvalue weighted by molar-refractivity contribution is 5.36. The fourth-order valence-electron chi connectivity index (χ4n) is 1.29. The molecule has 0 heterocycles. The van der Waals surface area contributed by atoms with Gasteiger partial charge >= 0.3 is 0 Å². The number of nitrogens with one attached hydrogen (secondary N) is 1. The second-order valence-corrected chi connectivity index (χ2v) is 3.23. The van der Waals surface area contributed by atoms with Gasteiger partial charge in [-0.2, -0.15) is 0 Å². The normalized spacial score (nSPS) is 12.5. The summed E-state index contributed by atoms with van der Waals surface area (Å²) in [6.45, 7) is 1.30. The van der Waals surface area contributed by atoms with Crippen LogP contribution >= 0.6 is 0 Å². The molecule has 0 fully saturated rings. The van der Waals surface area contributed by atoms with Crippen molar-refractivity contribution in [3.63, 3.8) is 0 Å². The highest BCUT2D eigenvalue weighted by Gasteiger charge is 2.10. The largest absolute Gasteiger partial charge is 0.490 e. The van der Waals surface area contributed by atoms with E-state index < -0.39 is 6.67 Å². The van der Waals surface area contributed by atoms with Gasteiger partial charge < -0.3 is 10.1 Å². The van der Waals surface area contributed by atoms with E-state index in [1.54, 1.807) is 13.1 Å². The van der Waals surface area contributed by atoms with Gasteiger partial charge in [0.05, 0.1) is 0 Å². The number of rotatable bonds is 5. The van der Waals surface area contributed by atoms with E-state index in [0.29, 0.717) is 5.75 Å². The Labute approximate surface area is 88.3 Å². The average molecular weight is 215 g/mol. The maximum Gasteiger partial charge on any atom is 0.127 e. The van der Waals surface area contributed by atoms with Crippen molar-refractivity contribution in [2.75, 3.05) is 20.3 Å². The molecule has 1 atom stereocenters. The third-order valence-corrected chi connectivity index (χ3v) is 2.21. The van der Waals surface area contributed by atoms with E-state index >= 15 is 0 Å². The van der Waals surface area contributed by atoms with Crippen molar-refractivity contribution < 1.29 is 13.5 Å². The quantitative estimate of drug-likeness (QED) is 0.814. The Morgan fingerprint density at radius 1 is 1.47 bits per heavy atom. The third-order valence-electron chi connectivity index (χ3n) is 2.21. The molecule has 0 radical (unpaired) electrons. The van der Waals surface area contributed by atoms with E-state index in [1.807, 2.05) is 6.92 Å². The van der Waals surface area contributed by atoms with Gasteiger partial charge in [-0.25, -0.2) is 8.78 Å². The zero-order chi connectivity index (χ0) is 11.3. The Kier molecular flexibility index (Phi) is 4.49. The summed E-state index contributed by atoms with van der Waals surface area (Å²) in [7, 11) is 1.80. The molecule has 0 bridgehead atoms. The van der Waals surface area contributed by atoms with Crippen LogP contribution in [0.4, 0.5) is 8.78 Å². The van der Waals surface area contributed by atoms with Gasteiger partial charge in [-0.05, 0) is 20.0 Å². The summed E-state index contributed by atoms with van der Waals surface area (Å²) in [5.74, 6) is 0.0189. The molecule has 0 amide bonds. The zero-order valence-electron chi connectivity index (χ0n) is 8.89. The highest BCUT2D eigenvalue weighted by atomic mass is 19.1. The molecule has 0 saturated heterocycles. The molecule has 1 unspecified atom stereocenters.